The third kappa shape index (κ3) is 6.20. The lowest BCUT2D eigenvalue weighted by Crippen LogP contribution is -2.14. The summed E-state index contributed by atoms with van der Waals surface area (Å²) in [6, 6.07) is 25.2. The standard InChI is InChI=1S/C26H25ClO4/c1-2-30-25(29)18-31-23-14-10-21(11-15-23)26(20-8-12-22(27)13-9-20)24(16-17-28)19-6-4-3-5-7-19/h3-15,28H,2,16-18H2,1H3. The molecule has 0 aliphatic carbocycles. The molecule has 3 rings (SSSR count). The summed E-state index contributed by atoms with van der Waals surface area (Å²) in [6.45, 7) is 1.98. The van der Waals surface area contributed by atoms with Gasteiger partial charge in [-0.05, 0) is 65.4 Å². The van der Waals surface area contributed by atoms with Gasteiger partial charge >= 0.3 is 5.97 Å². The van der Waals surface area contributed by atoms with Gasteiger partial charge in [0.15, 0.2) is 6.61 Å². The maximum Gasteiger partial charge on any atom is 0.344 e. The molecular weight excluding hydrogens is 412 g/mol. The smallest absolute Gasteiger partial charge is 0.344 e. The highest BCUT2D eigenvalue weighted by Crippen LogP contribution is 2.35. The fourth-order valence-electron chi connectivity index (χ4n) is 3.36. The Morgan fingerprint density at radius 1 is 0.871 bits per heavy atom. The number of aliphatic hydroxyl groups excluding tert-OH is 1. The predicted octanol–water partition coefficient (Wildman–Crippen LogP) is 5.62. The van der Waals surface area contributed by atoms with E-state index < -0.39 is 5.97 Å². The van der Waals surface area contributed by atoms with Crippen molar-refractivity contribution in [3.8, 4) is 5.75 Å². The Hall–Kier alpha value is -3.08. The van der Waals surface area contributed by atoms with Crippen molar-refractivity contribution < 1.29 is 19.4 Å². The first-order chi connectivity index (χ1) is 15.1. The summed E-state index contributed by atoms with van der Waals surface area (Å²) in [4.78, 5) is 11.5. The number of halogens is 1. The van der Waals surface area contributed by atoms with E-state index in [0.717, 1.165) is 27.8 Å². The van der Waals surface area contributed by atoms with Crippen molar-refractivity contribution in [3.63, 3.8) is 0 Å². The van der Waals surface area contributed by atoms with Crippen molar-refractivity contribution in [2.45, 2.75) is 13.3 Å². The number of carbonyl (C=O) groups is 1. The molecule has 0 unspecified atom stereocenters. The lowest BCUT2D eigenvalue weighted by molar-refractivity contribution is -0.145. The largest absolute Gasteiger partial charge is 0.482 e. The van der Waals surface area contributed by atoms with Crippen LogP contribution in [0.25, 0.3) is 11.1 Å². The summed E-state index contributed by atoms with van der Waals surface area (Å²) in [6.07, 6.45) is 0.503. The third-order valence-electron chi connectivity index (χ3n) is 4.72. The minimum Gasteiger partial charge on any atom is -0.482 e. The van der Waals surface area contributed by atoms with Gasteiger partial charge in [-0.25, -0.2) is 4.79 Å². The number of aliphatic hydroxyl groups is 1. The van der Waals surface area contributed by atoms with E-state index in [-0.39, 0.29) is 13.2 Å². The van der Waals surface area contributed by atoms with Crippen LogP contribution in [0.3, 0.4) is 0 Å². The lowest BCUT2D eigenvalue weighted by Gasteiger charge is -2.17. The Morgan fingerprint density at radius 3 is 2.06 bits per heavy atom. The van der Waals surface area contributed by atoms with E-state index in [2.05, 4.69) is 0 Å². The molecule has 3 aromatic carbocycles. The van der Waals surface area contributed by atoms with E-state index in [1.165, 1.54) is 0 Å². The molecular formula is C26H25ClO4. The van der Waals surface area contributed by atoms with Crippen LogP contribution < -0.4 is 4.74 Å². The summed E-state index contributed by atoms with van der Waals surface area (Å²) >= 11 is 6.11. The number of hydrogen-bond acceptors (Lipinski definition) is 4. The molecule has 0 radical (unpaired) electrons. The van der Waals surface area contributed by atoms with E-state index >= 15 is 0 Å². The van der Waals surface area contributed by atoms with Crippen molar-refractivity contribution in [2.75, 3.05) is 19.8 Å². The first-order valence-corrected chi connectivity index (χ1v) is 10.5. The molecule has 0 spiro atoms. The van der Waals surface area contributed by atoms with Crippen molar-refractivity contribution in [1.29, 1.82) is 0 Å². The average Bonchev–Trinajstić information content (AvgIpc) is 2.80. The number of benzene rings is 3. The highest BCUT2D eigenvalue weighted by molar-refractivity contribution is 6.30. The molecule has 0 saturated carbocycles. The summed E-state index contributed by atoms with van der Waals surface area (Å²) in [7, 11) is 0. The third-order valence-corrected chi connectivity index (χ3v) is 4.98. The summed E-state index contributed by atoms with van der Waals surface area (Å²) < 4.78 is 10.4. The monoisotopic (exact) mass is 436 g/mol. The lowest BCUT2D eigenvalue weighted by atomic mass is 9.88. The summed E-state index contributed by atoms with van der Waals surface area (Å²) in [5, 5.41) is 10.4. The van der Waals surface area contributed by atoms with Gasteiger partial charge in [0.05, 0.1) is 6.61 Å². The second-order valence-corrected chi connectivity index (χ2v) is 7.25. The van der Waals surface area contributed by atoms with E-state index in [9.17, 15) is 9.90 Å². The molecule has 3 aromatic rings. The van der Waals surface area contributed by atoms with Gasteiger partial charge in [0.25, 0.3) is 0 Å². The summed E-state index contributed by atoms with van der Waals surface area (Å²) in [5.41, 5.74) is 5.05. The highest BCUT2D eigenvalue weighted by Gasteiger charge is 2.14. The molecule has 1 N–H and O–H groups in total. The van der Waals surface area contributed by atoms with Crippen molar-refractivity contribution >= 4 is 28.7 Å². The van der Waals surface area contributed by atoms with E-state index in [0.29, 0.717) is 23.8 Å². The quantitative estimate of drug-likeness (QED) is 0.349. The zero-order valence-corrected chi connectivity index (χ0v) is 18.1. The Morgan fingerprint density at radius 2 is 1.48 bits per heavy atom. The Labute approximate surface area is 187 Å². The molecule has 160 valence electrons. The van der Waals surface area contributed by atoms with E-state index in [1.54, 1.807) is 6.92 Å². The minimum absolute atomic E-state index is 0.0298. The molecule has 0 bridgehead atoms. The molecule has 0 fully saturated rings. The van der Waals surface area contributed by atoms with E-state index in [1.807, 2.05) is 78.9 Å². The van der Waals surface area contributed by atoms with E-state index in [4.69, 9.17) is 21.1 Å². The van der Waals surface area contributed by atoms with Crippen LogP contribution in [-0.2, 0) is 9.53 Å². The predicted molar refractivity (Wildman–Crippen MR) is 124 cm³/mol. The second kappa shape index (κ2) is 11.3. The topological polar surface area (TPSA) is 55.8 Å². The van der Waals surface area contributed by atoms with Crippen LogP contribution >= 0.6 is 11.6 Å². The van der Waals surface area contributed by atoms with Gasteiger partial charge < -0.3 is 14.6 Å². The molecule has 0 aliphatic rings. The molecule has 0 atom stereocenters. The Balaban J connectivity index is 2.02. The number of carbonyl (C=O) groups excluding carboxylic acids is 1. The van der Waals surface area contributed by atoms with Crippen molar-refractivity contribution in [3.05, 3.63) is 101 Å². The van der Waals surface area contributed by atoms with Gasteiger partial charge in [-0.2, -0.15) is 0 Å². The molecule has 4 nitrogen and oxygen atoms in total. The van der Waals surface area contributed by atoms with Crippen LogP contribution in [0.15, 0.2) is 78.9 Å². The van der Waals surface area contributed by atoms with Crippen molar-refractivity contribution in [2.24, 2.45) is 0 Å². The van der Waals surface area contributed by atoms with Gasteiger partial charge in [-0.3, -0.25) is 0 Å². The molecule has 0 amide bonds. The normalized spacial score (nSPS) is 11.6. The van der Waals surface area contributed by atoms with Gasteiger partial charge in [0.2, 0.25) is 0 Å². The van der Waals surface area contributed by atoms with Crippen LogP contribution in [0.4, 0.5) is 0 Å². The SMILES string of the molecule is CCOC(=O)COc1ccc(C(=C(CCO)c2ccccc2)c2ccc(Cl)cc2)cc1. The highest BCUT2D eigenvalue weighted by atomic mass is 35.5. The maximum absolute atomic E-state index is 11.5. The van der Waals surface area contributed by atoms with Crippen LogP contribution in [0.2, 0.25) is 5.02 Å². The zero-order valence-electron chi connectivity index (χ0n) is 17.4. The second-order valence-electron chi connectivity index (χ2n) is 6.82. The fourth-order valence-corrected chi connectivity index (χ4v) is 3.49. The van der Waals surface area contributed by atoms with Crippen LogP contribution in [0, 0.1) is 0 Å². The van der Waals surface area contributed by atoms with Gasteiger partial charge in [-0.15, -0.1) is 0 Å². The number of rotatable bonds is 9. The molecule has 31 heavy (non-hydrogen) atoms. The molecule has 0 saturated heterocycles. The maximum atomic E-state index is 11.5. The van der Waals surface area contributed by atoms with Crippen LogP contribution in [-0.4, -0.2) is 30.9 Å². The summed E-state index contributed by atoms with van der Waals surface area (Å²) in [5.74, 6) is 0.179. The first kappa shape index (κ1) is 22.6. The number of ether oxygens (including phenoxy) is 2. The molecule has 0 aromatic heterocycles. The van der Waals surface area contributed by atoms with Gasteiger partial charge in [0, 0.05) is 11.6 Å². The van der Waals surface area contributed by atoms with Crippen molar-refractivity contribution in [1.82, 2.24) is 0 Å². The van der Waals surface area contributed by atoms with Crippen LogP contribution in [0.1, 0.15) is 30.0 Å². The average molecular weight is 437 g/mol. The van der Waals surface area contributed by atoms with Gasteiger partial charge in [0.1, 0.15) is 5.75 Å². The first-order valence-electron chi connectivity index (χ1n) is 10.2. The molecule has 5 heteroatoms. The fraction of sp³-hybridized carbons (Fsp3) is 0.192. The van der Waals surface area contributed by atoms with Crippen LogP contribution in [0.5, 0.6) is 5.75 Å². The zero-order chi connectivity index (χ0) is 22.1. The Kier molecular flexibility index (Phi) is 8.27. The Bertz CT molecular complexity index is 1010. The molecule has 0 heterocycles. The molecule has 0 aliphatic heterocycles. The number of esters is 1. The number of hydrogen-bond donors (Lipinski definition) is 1. The minimum atomic E-state index is -0.400. The van der Waals surface area contributed by atoms with Gasteiger partial charge in [-0.1, -0.05) is 66.2 Å².